The summed E-state index contributed by atoms with van der Waals surface area (Å²) in [7, 11) is 0. The fourth-order valence-electron chi connectivity index (χ4n) is 3.21. The molecule has 1 aromatic heterocycles. The molecule has 0 radical (unpaired) electrons. The van der Waals surface area contributed by atoms with Crippen molar-refractivity contribution in [1.29, 1.82) is 0 Å². The van der Waals surface area contributed by atoms with E-state index in [1.54, 1.807) is 0 Å². The number of benzene rings is 1. The van der Waals surface area contributed by atoms with Crippen LogP contribution in [0.15, 0.2) is 60.3 Å². The fourth-order valence-corrected chi connectivity index (χ4v) is 3.21. The molecule has 1 fully saturated rings. The Morgan fingerprint density at radius 3 is 2.58 bits per heavy atom. The maximum atomic E-state index is 4.43. The van der Waals surface area contributed by atoms with Crippen LogP contribution in [0.25, 0.3) is 6.08 Å². The van der Waals surface area contributed by atoms with Crippen LogP contribution in [0, 0.1) is 0 Å². The molecular weight excluding hydrogens is 294 g/mol. The number of piperidine rings is 1. The lowest BCUT2D eigenvalue weighted by atomic mass is 10.0. The van der Waals surface area contributed by atoms with Crippen molar-refractivity contribution >= 4 is 6.08 Å². The van der Waals surface area contributed by atoms with E-state index < -0.39 is 0 Å². The lowest BCUT2D eigenvalue weighted by molar-refractivity contribution is 0.190. The fraction of sp³-hybridized carbons (Fsp3) is 0.381. The second kappa shape index (κ2) is 8.76. The zero-order valence-electron chi connectivity index (χ0n) is 14.5. The van der Waals surface area contributed by atoms with E-state index in [-0.39, 0.29) is 0 Å². The number of aromatic nitrogens is 1. The SMILES string of the molecule is C/C(=C\c1ccccc1)CNC1CCN(Cc2ccccn2)CC1. The Balaban J connectivity index is 1.40. The molecular formula is C21H27N3. The van der Waals surface area contributed by atoms with Crippen LogP contribution in [0.2, 0.25) is 0 Å². The molecule has 1 N–H and O–H groups in total. The van der Waals surface area contributed by atoms with Gasteiger partial charge < -0.3 is 5.32 Å². The number of hydrogen-bond donors (Lipinski definition) is 1. The molecule has 3 heteroatoms. The molecule has 0 amide bonds. The normalized spacial score (nSPS) is 17.1. The Morgan fingerprint density at radius 2 is 1.88 bits per heavy atom. The van der Waals surface area contributed by atoms with Gasteiger partial charge in [0.1, 0.15) is 0 Å². The number of likely N-dealkylation sites (tertiary alicyclic amines) is 1. The first-order valence-electron chi connectivity index (χ1n) is 8.87. The van der Waals surface area contributed by atoms with Crippen LogP contribution in [0.1, 0.15) is 31.0 Å². The molecule has 0 unspecified atom stereocenters. The summed E-state index contributed by atoms with van der Waals surface area (Å²) >= 11 is 0. The first kappa shape index (κ1) is 16.9. The van der Waals surface area contributed by atoms with Crippen molar-refractivity contribution in [2.45, 2.75) is 32.4 Å². The summed E-state index contributed by atoms with van der Waals surface area (Å²) < 4.78 is 0. The lowest BCUT2D eigenvalue weighted by Crippen LogP contribution is -2.42. The van der Waals surface area contributed by atoms with E-state index in [1.165, 1.54) is 29.7 Å². The molecule has 0 spiro atoms. The molecule has 0 saturated carbocycles. The summed E-state index contributed by atoms with van der Waals surface area (Å²) in [6, 6.07) is 17.3. The van der Waals surface area contributed by atoms with E-state index in [1.807, 2.05) is 12.3 Å². The van der Waals surface area contributed by atoms with Crippen molar-refractivity contribution in [3.8, 4) is 0 Å². The van der Waals surface area contributed by atoms with E-state index in [4.69, 9.17) is 0 Å². The molecule has 1 aliphatic heterocycles. The first-order chi connectivity index (χ1) is 11.8. The highest BCUT2D eigenvalue weighted by Crippen LogP contribution is 2.13. The number of nitrogens with one attached hydrogen (secondary N) is 1. The Labute approximate surface area is 145 Å². The zero-order valence-corrected chi connectivity index (χ0v) is 14.5. The average molecular weight is 321 g/mol. The van der Waals surface area contributed by atoms with Crippen LogP contribution < -0.4 is 5.32 Å². The molecule has 3 rings (SSSR count). The van der Waals surface area contributed by atoms with Gasteiger partial charge >= 0.3 is 0 Å². The zero-order chi connectivity index (χ0) is 16.6. The van der Waals surface area contributed by atoms with Gasteiger partial charge in [0.25, 0.3) is 0 Å². The van der Waals surface area contributed by atoms with Gasteiger partial charge in [0.05, 0.1) is 5.69 Å². The van der Waals surface area contributed by atoms with Crippen LogP contribution >= 0.6 is 0 Å². The van der Waals surface area contributed by atoms with Crippen molar-refractivity contribution in [2.75, 3.05) is 19.6 Å². The van der Waals surface area contributed by atoms with E-state index in [0.717, 1.165) is 26.2 Å². The minimum Gasteiger partial charge on any atom is -0.310 e. The number of rotatable bonds is 6. The number of pyridine rings is 1. The minimum atomic E-state index is 0.629. The van der Waals surface area contributed by atoms with Gasteiger partial charge in [-0.15, -0.1) is 0 Å². The van der Waals surface area contributed by atoms with Gasteiger partial charge in [0.15, 0.2) is 0 Å². The third kappa shape index (κ3) is 5.29. The van der Waals surface area contributed by atoms with Crippen molar-refractivity contribution in [3.05, 3.63) is 71.6 Å². The largest absolute Gasteiger partial charge is 0.310 e. The predicted octanol–water partition coefficient (Wildman–Crippen LogP) is 3.74. The summed E-state index contributed by atoms with van der Waals surface area (Å²) in [4.78, 5) is 6.93. The van der Waals surface area contributed by atoms with E-state index in [0.29, 0.717) is 6.04 Å². The maximum Gasteiger partial charge on any atom is 0.0543 e. The number of nitrogens with zero attached hydrogens (tertiary/aromatic N) is 2. The third-order valence-corrected chi connectivity index (χ3v) is 4.58. The molecule has 0 bridgehead atoms. The van der Waals surface area contributed by atoms with Crippen molar-refractivity contribution in [3.63, 3.8) is 0 Å². The molecule has 126 valence electrons. The highest BCUT2D eigenvalue weighted by Gasteiger charge is 2.18. The van der Waals surface area contributed by atoms with Crippen LogP contribution in [-0.4, -0.2) is 35.6 Å². The smallest absolute Gasteiger partial charge is 0.0543 e. The average Bonchev–Trinajstić information content (AvgIpc) is 2.63. The van der Waals surface area contributed by atoms with Crippen LogP contribution in [-0.2, 0) is 6.54 Å². The van der Waals surface area contributed by atoms with Crippen LogP contribution in [0.5, 0.6) is 0 Å². The highest BCUT2D eigenvalue weighted by atomic mass is 15.1. The Morgan fingerprint density at radius 1 is 1.12 bits per heavy atom. The summed E-state index contributed by atoms with van der Waals surface area (Å²) in [5, 5.41) is 3.72. The molecule has 2 heterocycles. The molecule has 1 aromatic carbocycles. The molecule has 24 heavy (non-hydrogen) atoms. The summed E-state index contributed by atoms with van der Waals surface area (Å²) in [5.41, 5.74) is 3.84. The van der Waals surface area contributed by atoms with E-state index >= 15 is 0 Å². The van der Waals surface area contributed by atoms with E-state index in [2.05, 4.69) is 70.7 Å². The lowest BCUT2D eigenvalue weighted by Gasteiger charge is -2.32. The molecule has 3 nitrogen and oxygen atoms in total. The van der Waals surface area contributed by atoms with Gasteiger partial charge in [-0.3, -0.25) is 9.88 Å². The molecule has 1 aliphatic rings. The van der Waals surface area contributed by atoms with Crippen LogP contribution in [0.4, 0.5) is 0 Å². The van der Waals surface area contributed by atoms with Crippen molar-refractivity contribution in [2.24, 2.45) is 0 Å². The Bertz CT molecular complexity index is 629. The Hall–Kier alpha value is -1.97. The standard InChI is InChI=1S/C21H27N3/c1-18(15-19-7-3-2-4-8-19)16-23-20-10-13-24(14-11-20)17-21-9-5-6-12-22-21/h2-9,12,15,20,23H,10-11,13-14,16-17H2,1H3/b18-15+. The monoisotopic (exact) mass is 321 g/mol. The van der Waals surface area contributed by atoms with E-state index in [9.17, 15) is 0 Å². The summed E-state index contributed by atoms with van der Waals surface area (Å²) in [6.45, 7) is 6.45. The third-order valence-electron chi connectivity index (χ3n) is 4.58. The topological polar surface area (TPSA) is 28.2 Å². The first-order valence-corrected chi connectivity index (χ1v) is 8.87. The van der Waals surface area contributed by atoms with Gasteiger partial charge in [0, 0.05) is 38.4 Å². The van der Waals surface area contributed by atoms with Gasteiger partial charge in [-0.25, -0.2) is 0 Å². The number of hydrogen-bond acceptors (Lipinski definition) is 3. The second-order valence-electron chi connectivity index (χ2n) is 6.65. The molecule has 2 aromatic rings. The van der Waals surface area contributed by atoms with Crippen molar-refractivity contribution in [1.82, 2.24) is 15.2 Å². The molecule has 1 saturated heterocycles. The quantitative estimate of drug-likeness (QED) is 0.878. The van der Waals surface area contributed by atoms with Gasteiger partial charge in [-0.05, 0) is 37.5 Å². The molecule has 0 atom stereocenters. The maximum absolute atomic E-state index is 4.43. The van der Waals surface area contributed by atoms with Gasteiger partial charge in [0.2, 0.25) is 0 Å². The van der Waals surface area contributed by atoms with Crippen LogP contribution in [0.3, 0.4) is 0 Å². The predicted molar refractivity (Wildman–Crippen MR) is 101 cm³/mol. The molecule has 0 aliphatic carbocycles. The minimum absolute atomic E-state index is 0.629. The highest BCUT2D eigenvalue weighted by molar-refractivity contribution is 5.52. The van der Waals surface area contributed by atoms with Gasteiger partial charge in [-0.2, -0.15) is 0 Å². The second-order valence-corrected chi connectivity index (χ2v) is 6.65. The summed E-state index contributed by atoms with van der Waals surface area (Å²) in [6.07, 6.45) is 6.57. The van der Waals surface area contributed by atoms with Crippen molar-refractivity contribution < 1.29 is 0 Å². The Kier molecular flexibility index (Phi) is 6.16. The van der Waals surface area contributed by atoms with Gasteiger partial charge in [-0.1, -0.05) is 48.0 Å². The summed E-state index contributed by atoms with van der Waals surface area (Å²) in [5.74, 6) is 0.